The van der Waals surface area contributed by atoms with Crippen molar-refractivity contribution in [2.45, 2.75) is 31.4 Å². The van der Waals surface area contributed by atoms with Crippen molar-refractivity contribution in [1.82, 2.24) is 5.32 Å². The molecule has 19 heavy (non-hydrogen) atoms. The van der Waals surface area contributed by atoms with E-state index in [2.05, 4.69) is 5.32 Å². The Hall–Kier alpha value is -1.46. The van der Waals surface area contributed by atoms with Gasteiger partial charge in [-0.15, -0.1) is 0 Å². The highest BCUT2D eigenvalue weighted by Gasteiger charge is 2.30. The summed E-state index contributed by atoms with van der Waals surface area (Å²) in [5.41, 5.74) is 6.03. The van der Waals surface area contributed by atoms with Crippen LogP contribution in [0.3, 0.4) is 0 Å². The first-order valence-corrected chi connectivity index (χ1v) is 6.55. The molecular weight excluding hydrogens is 247 g/mol. The van der Waals surface area contributed by atoms with Crippen LogP contribution in [0.5, 0.6) is 0 Å². The van der Waals surface area contributed by atoms with E-state index in [9.17, 15) is 14.3 Å². The lowest BCUT2D eigenvalue weighted by atomic mass is 10.0. The maximum absolute atomic E-state index is 13.4. The molecule has 1 aliphatic rings. The fourth-order valence-corrected chi connectivity index (χ4v) is 2.50. The monoisotopic (exact) mass is 266 g/mol. The number of carbonyl (C=O) groups is 1. The lowest BCUT2D eigenvalue weighted by Gasteiger charge is -2.17. The van der Waals surface area contributed by atoms with Crippen LogP contribution in [0, 0.1) is 11.7 Å². The lowest BCUT2D eigenvalue weighted by molar-refractivity contribution is -0.125. The molecule has 2 rings (SSSR count). The minimum absolute atomic E-state index is 0.00296. The molecule has 1 fully saturated rings. The maximum Gasteiger partial charge on any atom is 0.224 e. The molecule has 1 aromatic carbocycles. The third-order valence-corrected chi connectivity index (χ3v) is 3.64. The molecule has 4 nitrogen and oxygen atoms in total. The van der Waals surface area contributed by atoms with Gasteiger partial charge in [0, 0.05) is 18.2 Å². The standard InChI is InChI=1S/C14H19FN2O2/c15-11-6-2-1-4-9(11)13(18)8-17-14(19)10-5-3-7-12(10)16/h1-2,4,6,10,12-13,18H,3,5,7-8,16H2,(H,17,19). The zero-order valence-electron chi connectivity index (χ0n) is 10.7. The first-order chi connectivity index (χ1) is 9.09. The summed E-state index contributed by atoms with van der Waals surface area (Å²) in [6, 6.07) is 5.89. The highest BCUT2D eigenvalue weighted by molar-refractivity contribution is 5.79. The van der Waals surface area contributed by atoms with Gasteiger partial charge in [0.15, 0.2) is 0 Å². The number of nitrogens with two attached hydrogens (primary N) is 1. The van der Waals surface area contributed by atoms with Gasteiger partial charge in [-0.2, -0.15) is 0 Å². The second kappa shape index (κ2) is 6.12. The Labute approximate surface area is 111 Å². The van der Waals surface area contributed by atoms with Crippen molar-refractivity contribution in [3.05, 3.63) is 35.6 Å². The average molecular weight is 266 g/mol. The van der Waals surface area contributed by atoms with Gasteiger partial charge in [0.05, 0.1) is 12.0 Å². The largest absolute Gasteiger partial charge is 0.386 e. The molecule has 1 amide bonds. The summed E-state index contributed by atoms with van der Waals surface area (Å²) in [5, 5.41) is 12.5. The van der Waals surface area contributed by atoms with Crippen molar-refractivity contribution >= 4 is 5.91 Å². The first kappa shape index (κ1) is 14.0. The van der Waals surface area contributed by atoms with Crippen LogP contribution in [-0.2, 0) is 4.79 Å². The van der Waals surface area contributed by atoms with Crippen LogP contribution in [0.15, 0.2) is 24.3 Å². The summed E-state index contributed by atoms with van der Waals surface area (Å²) >= 11 is 0. The van der Waals surface area contributed by atoms with Crippen LogP contribution >= 0.6 is 0 Å². The molecule has 4 N–H and O–H groups in total. The van der Waals surface area contributed by atoms with E-state index in [1.807, 2.05) is 0 Å². The predicted molar refractivity (Wildman–Crippen MR) is 69.7 cm³/mol. The van der Waals surface area contributed by atoms with Crippen molar-refractivity contribution in [3.63, 3.8) is 0 Å². The first-order valence-electron chi connectivity index (χ1n) is 6.55. The molecule has 1 aliphatic carbocycles. The molecule has 1 saturated carbocycles. The molecule has 3 unspecified atom stereocenters. The van der Waals surface area contributed by atoms with Gasteiger partial charge >= 0.3 is 0 Å². The fourth-order valence-electron chi connectivity index (χ4n) is 2.50. The van der Waals surface area contributed by atoms with E-state index in [1.54, 1.807) is 12.1 Å². The molecule has 1 aromatic rings. The van der Waals surface area contributed by atoms with Crippen molar-refractivity contribution < 1.29 is 14.3 Å². The van der Waals surface area contributed by atoms with E-state index >= 15 is 0 Å². The van der Waals surface area contributed by atoms with Crippen molar-refractivity contribution in [2.75, 3.05) is 6.54 Å². The molecule has 0 bridgehead atoms. The highest BCUT2D eigenvalue weighted by atomic mass is 19.1. The second-order valence-corrected chi connectivity index (χ2v) is 4.98. The highest BCUT2D eigenvalue weighted by Crippen LogP contribution is 2.24. The number of hydrogen-bond acceptors (Lipinski definition) is 3. The zero-order valence-corrected chi connectivity index (χ0v) is 10.7. The Morgan fingerprint density at radius 1 is 1.47 bits per heavy atom. The van der Waals surface area contributed by atoms with E-state index < -0.39 is 11.9 Å². The normalized spacial score (nSPS) is 24.2. The lowest BCUT2D eigenvalue weighted by Crippen LogP contribution is -2.40. The van der Waals surface area contributed by atoms with Gasteiger partial charge in [-0.1, -0.05) is 24.6 Å². The van der Waals surface area contributed by atoms with Crippen LogP contribution in [0.2, 0.25) is 0 Å². The van der Waals surface area contributed by atoms with Crippen molar-refractivity contribution in [1.29, 1.82) is 0 Å². The van der Waals surface area contributed by atoms with Gasteiger partial charge < -0.3 is 16.2 Å². The Morgan fingerprint density at radius 3 is 2.84 bits per heavy atom. The predicted octanol–water partition coefficient (Wildman–Crippen LogP) is 1.10. The molecular formula is C14H19FN2O2. The third-order valence-electron chi connectivity index (χ3n) is 3.64. The number of rotatable bonds is 4. The third kappa shape index (κ3) is 3.30. The smallest absolute Gasteiger partial charge is 0.224 e. The van der Waals surface area contributed by atoms with Crippen molar-refractivity contribution in [3.8, 4) is 0 Å². The minimum atomic E-state index is -1.04. The summed E-state index contributed by atoms with van der Waals surface area (Å²) in [4.78, 5) is 11.9. The molecule has 0 heterocycles. The van der Waals surface area contributed by atoms with Crippen LogP contribution in [0.1, 0.15) is 30.9 Å². The number of amides is 1. The van der Waals surface area contributed by atoms with Crippen molar-refractivity contribution in [2.24, 2.45) is 11.7 Å². The summed E-state index contributed by atoms with van der Waals surface area (Å²) in [7, 11) is 0. The number of benzene rings is 1. The quantitative estimate of drug-likeness (QED) is 0.764. The topological polar surface area (TPSA) is 75.4 Å². The number of aliphatic hydroxyl groups is 1. The van der Waals surface area contributed by atoms with E-state index in [1.165, 1.54) is 12.1 Å². The van der Waals surface area contributed by atoms with Gasteiger partial charge in [0.25, 0.3) is 0 Å². The Bertz CT molecular complexity index is 453. The van der Waals surface area contributed by atoms with Crippen LogP contribution in [0.4, 0.5) is 4.39 Å². The average Bonchev–Trinajstić information content (AvgIpc) is 2.82. The SMILES string of the molecule is NC1CCCC1C(=O)NCC(O)c1ccccc1F. The van der Waals surface area contributed by atoms with Gasteiger partial charge in [0.2, 0.25) is 5.91 Å². The molecule has 104 valence electrons. The van der Waals surface area contributed by atoms with Gasteiger partial charge in [0.1, 0.15) is 5.82 Å². The summed E-state index contributed by atoms with van der Waals surface area (Å²) in [6.07, 6.45) is 1.55. The molecule has 3 atom stereocenters. The minimum Gasteiger partial charge on any atom is -0.386 e. The van der Waals surface area contributed by atoms with E-state index in [0.29, 0.717) is 0 Å². The summed E-state index contributed by atoms with van der Waals surface area (Å²) in [5.74, 6) is -0.810. The number of nitrogens with one attached hydrogen (secondary N) is 1. The molecule has 0 radical (unpaired) electrons. The fraction of sp³-hybridized carbons (Fsp3) is 0.500. The van der Waals surface area contributed by atoms with Gasteiger partial charge in [-0.05, 0) is 18.9 Å². The molecule has 5 heteroatoms. The molecule has 0 aromatic heterocycles. The number of aliphatic hydroxyl groups excluding tert-OH is 1. The Kier molecular flexibility index (Phi) is 4.50. The molecule has 0 aliphatic heterocycles. The Morgan fingerprint density at radius 2 is 2.21 bits per heavy atom. The Balaban J connectivity index is 1.88. The van der Waals surface area contributed by atoms with Crippen LogP contribution < -0.4 is 11.1 Å². The number of halogens is 1. The molecule has 0 saturated heterocycles. The molecule has 0 spiro atoms. The number of carbonyl (C=O) groups excluding carboxylic acids is 1. The van der Waals surface area contributed by atoms with Crippen LogP contribution in [-0.4, -0.2) is 23.6 Å². The summed E-state index contributed by atoms with van der Waals surface area (Å²) < 4.78 is 13.4. The van der Waals surface area contributed by atoms with E-state index in [-0.39, 0.29) is 30.0 Å². The summed E-state index contributed by atoms with van der Waals surface area (Å²) in [6.45, 7) is 0.00296. The number of hydrogen-bond donors (Lipinski definition) is 3. The van der Waals surface area contributed by atoms with Gasteiger partial charge in [-0.25, -0.2) is 4.39 Å². The van der Waals surface area contributed by atoms with Gasteiger partial charge in [-0.3, -0.25) is 4.79 Å². The van der Waals surface area contributed by atoms with E-state index in [4.69, 9.17) is 5.73 Å². The van der Waals surface area contributed by atoms with E-state index in [0.717, 1.165) is 19.3 Å². The second-order valence-electron chi connectivity index (χ2n) is 4.98. The maximum atomic E-state index is 13.4. The zero-order chi connectivity index (χ0) is 13.8. The van der Waals surface area contributed by atoms with Crippen LogP contribution in [0.25, 0.3) is 0 Å².